The molecule has 16 heteroatoms. The lowest BCUT2D eigenvalue weighted by molar-refractivity contribution is -0.141. The minimum Gasteiger partial charge on any atom is -0.481 e. The van der Waals surface area contributed by atoms with Gasteiger partial charge in [-0.25, -0.2) is 18.8 Å². The van der Waals surface area contributed by atoms with E-state index in [0.717, 1.165) is 16.3 Å². The van der Waals surface area contributed by atoms with E-state index in [1.165, 1.54) is 24.3 Å². The van der Waals surface area contributed by atoms with Crippen LogP contribution in [0.5, 0.6) is 0 Å². The number of amides is 5. The SMILES string of the molecule is O=C(O)CCC(NC(=O)NC(CCCCNC(=O)C(Cc1ccc2ccccc2c1)NC(=O)C1CCC(CNC(=O)c2ccc(F)cc2)CC1)C(=O)O)C(=O)O. The van der Waals surface area contributed by atoms with Gasteiger partial charge in [-0.2, -0.15) is 0 Å². The van der Waals surface area contributed by atoms with E-state index in [2.05, 4.69) is 26.6 Å². The van der Waals surface area contributed by atoms with Gasteiger partial charge >= 0.3 is 23.9 Å². The number of carboxylic acid groups (broad SMARTS) is 3. The van der Waals surface area contributed by atoms with Gasteiger partial charge < -0.3 is 41.9 Å². The monoisotopic (exact) mass is 777 g/mol. The second-order valence-corrected chi connectivity index (χ2v) is 14.0. The molecular formula is C40H48FN5O10. The highest BCUT2D eigenvalue weighted by atomic mass is 19.1. The first-order chi connectivity index (χ1) is 26.8. The second-order valence-electron chi connectivity index (χ2n) is 14.0. The Balaban J connectivity index is 1.28. The molecule has 3 aromatic carbocycles. The largest absolute Gasteiger partial charge is 0.481 e. The summed E-state index contributed by atoms with van der Waals surface area (Å²) < 4.78 is 13.2. The van der Waals surface area contributed by atoms with Crippen LogP contribution in [0.25, 0.3) is 10.8 Å². The summed E-state index contributed by atoms with van der Waals surface area (Å²) >= 11 is 0. The third-order valence-corrected chi connectivity index (χ3v) is 9.83. The molecule has 0 heterocycles. The van der Waals surface area contributed by atoms with Gasteiger partial charge in [-0.1, -0.05) is 42.5 Å². The summed E-state index contributed by atoms with van der Waals surface area (Å²) in [5.41, 5.74) is 1.20. The number of hydrogen-bond donors (Lipinski definition) is 8. The minimum atomic E-state index is -1.52. The van der Waals surface area contributed by atoms with Crippen LogP contribution >= 0.6 is 0 Å². The van der Waals surface area contributed by atoms with E-state index in [4.69, 9.17) is 5.11 Å². The standard InChI is InChI=1S/C40H48FN5O10/c41-30-16-14-27(15-17-30)35(49)43-23-24-8-12-28(13-9-24)36(50)44-33(22-25-10-11-26-5-1-2-6-29(26)21-25)37(51)42-20-4-3-7-31(38(52)53)45-40(56)46-32(39(54)55)18-19-34(47)48/h1-2,5-6,10-11,14-17,21,24,28,31-33H,3-4,7-9,12-13,18-20,22-23H2,(H,42,51)(H,43,49)(H,44,50)(H,47,48)(H,52,53)(H,54,55)(H2,45,46,56). The van der Waals surface area contributed by atoms with Crippen molar-refractivity contribution in [2.75, 3.05) is 13.1 Å². The van der Waals surface area contributed by atoms with Crippen LogP contribution < -0.4 is 26.6 Å². The van der Waals surface area contributed by atoms with Crippen molar-refractivity contribution < 1.29 is 53.3 Å². The fourth-order valence-electron chi connectivity index (χ4n) is 6.62. The fourth-order valence-corrected chi connectivity index (χ4v) is 6.62. The van der Waals surface area contributed by atoms with E-state index in [-0.39, 0.29) is 55.9 Å². The molecule has 56 heavy (non-hydrogen) atoms. The van der Waals surface area contributed by atoms with E-state index in [9.17, 15) is 48.2 Å². The number of rotatable bonds is 20. The highest BCUT2D eigenvalue weighted by Gasteiger charge is 2.30. The Morgan fingerprint density at radius 2 is 1.34 bits per heavy atom. The van der Waals surface area contributed by atoms with Crippen LogP contribution in [0, 0.1) is 17.7 Å². The molecule has 4 rings (SSSR count). The molecule has 3 aromatic rings. The third-order valence-electron chi connectivity index (χ3n) is 9.83. The zero-order valence-electron chi connectivity index (χ0n) is 30.8. The van der Waals surface area contributed by atoms with Crippen molar-refractivity contribution in [2.45, 2.75) is 82.3 Å². The molecule has 1 aliphatic rings. The average Bonchev–Trinajstić information content (AvgIpc) is 3.17. The predicted molar refractivity (Wildman–Crippen MR) is 202 cm³/mol. The molecule has 3 atom stereocenters. The molecular weight excluding hydrogens is 729 g/mol. The molecule has 5 amide bonds. The van der Waals surface area contributed by atoms with Gasteiger partial charge in [-0.3, -0.25) is 19.2 Å². The van der Waals surface area contributed by atoms with E-state index >= 15 is 0 Å². The topological polar surface area (TPSA) is 240 Å². The number of aliphatic carboxylic acids is 3. The summed E-state index contributed by atoms with van der Waals surface area (Å²) in [4.78, 5) is 85.8. The smallest absolute Gasteiger partial charge is 0.326 e. The van der Waals surface area contributed by atoms with Gasteiger partial charge in [0.05, 0.1) is 0 Å². The lowest BCUT2D eigenvalue weighted by Crippen LogP contribution is -2.51. The first kappa shape index (κ1) is 42.7. The van der Waals surface area contributed by atoms with Crippen molar-refractivity contribution in [2.24, 2.45) is 11.8 Å². The number of halogens is 1. The van der Waals surface area contributed by atoms with E-state index in [1.54, 1.807) is 0 Å². The highest BCUT2D eigenvalue weighted by molar-refractivity contribution is 5.94. The number of carbonyl (C=O) groups is 7. The van der Waals surface area contributed by atoms with Crippen LogP contribution in [0.2, 0.25) is 0 Å². The molecule has 1 saturated carbocycles. The molecule has 0 aromatic heterocycles. The Bertz CT molecular complexity index is 1870. The Labute approximate surface area is 322 Å². The van der Waals surface area contributed by atoms with Gasteiger partial charge in [0.25, 0.3) is 5.91 Å². The summed E-state index contributed by atoms with van der Waals surface area (Å²) in [7, 11) is 0. The molecule has 300 valence electrons. The van der Waals surface area contributed by atoms with Crippen LogP contribution in [-0.4, -0.2) is 88.2 Å². The van der Waals surface area contributed by atoms with Gasteiger partial charge in [-0.05, 0) is 97.9 Å². The van der Waals surface area contributed by atoms with E-state index in [0.29, 0.717) is 44.2 Å². The molecule has 3 unspecified atom stereocenters. The normalized spacial score (nSPS) is 16.7. The van der Waals surface area contributed by atoms with Crippen LogP contribution in [0.1, 0.15) is 73.7 Å². The average molecular weight is 778 g/mol. The Morgan fingerprint density at radius 3 is 1.98 bits per heavy atom. The maximum absolute atomic E-state index is 13.5. The summed E-state index contributed by atoms with van der Waals surface area (Å²) in [6, 6.07) is 14.0. The molecule has 1 aliphatic carbocycles. The highest BCUT2D eigenvalue weighted by Crippen LogP contribution is 2.29. The number of benzene rings is 3. The number of urea groups is 1. The van der Waals surface area contributed by atoms with Gasteiger partial charge in [0.15, 0.2) is 0 Å². The van der Waals surface area contributed by atoms with Crippen LogP contribution in [-0.2, 0) is 30.4 Å². The van der Waals surface area contributed by atoms with E-state index < -0.39 is 60.2 Å². The number of carbonyl (C=O) groups excluding carboxylic acids is 4. The Hall–Kier alpha value is -6.06. The van der Waals surface area contributed by atoms with Crippen LogP contribution in [0.3, 0.4) is 0 Å². The van der Waals surface area contributed by atoms with Crippen LogP contribution in [0.15, 0.2) is 66.7 Å². The molecule has 0 spiro atoms. The number of unbranched alkanes of at least 4 members (excludes halogenated alkanes) is 1. The minimum absolute atomic E-state index is 0.0403. The lowest BCUT2D eigenvalue weighted by atomic mass is 9.81. The predicted octanol–water partition coefficient (Wildman–Crippen LogP) is 3.60. The van der Waals surface area contributed by atoms with E-state index in [1.807, 2.05) is 42.5 Å². The number of hydrogen-bond acceptors (Lipinski definition) is 7. The summed E-state index contributed by atoms with van der Waals surface area (Å²) in [5, 5.41) is 42.6. The van der Waals surface area contributed by atoms with Crippen molar-refractivity contribution in [3.63, 3.8) is 0 Å². The maximum atomic E-state index is 13.5. The summed E-state index contributed by atoms with van der Waals surface area (Å²) in [6.45, 7) is 0.570. The number of fused-ring (bicyclic) bond motifs is 1. The second kappa shape index (κ2) is 21.1. The van der Waals surface area contributed by atoms with Crippen molar-refractivity contribution in [1.82, 2.24) is 26.6 Å². The summed E-state index contributed by atoms with van der Waals surface area (Å²) in [5.74, 6) is -5.63. The fraction of sp³-hybridized carbons (Fsp3) is 0.425. The lowest BCUT2D eigenvalue weighted by Gasteiger charge is -2.29. The number of carboxylic acids is 3. The Morgan fingerprint density at radius 1 is 0.696 bits per heavy atom. The zero-order valence-corrected chi connectivity index (χ0v) is 30.8. The molecule has 0 saturated heterocycles. The first-order valence-electron chi connectivity index (χ1n) is 18.6. The molecule has 8 N–H and O–H groups in total. The van der Waals surface area contributed by atoms with Crippen molar-refractivity contribution in [3.8, 4) is 0 Å². The quantitative estimate of drug-likeness (QED) is 0.0776. The van der Waals surface area contributed by atoms with Crippen molar-refractivity contribution >= 4 is 52.4 Å². The van der Waals surface area contributed by atoms with Crippen LogP contribution in [0.4, 0.5) is 9.18 Å². The Kier molecular flexibility index (Phi) is 16.1. The van der Waals surface area contributed by atoms with Gasteiger partial charge in [0.2, 0.25) is 11.8 Å². The zero-order chi connectivity index (χ0) is 40.6. The van der Waals surface area contributed by atoms with Gasteiger partial charge in [0, 0.05) is 37.4 Å². The van der Waals surface area contributed by atoms with Gasteiger partial charge in [0.1, 0.15) is 23.9 Å². The molecule has 1 fully saturated rings. The van der Waals surface area contributed by atoms with Crippen molar-refractivity contribution in [1.29, 1.82) is 0 Å². The third kappa shape index (κ3) is 13.7. The first-order valence-corrected chi connectivity index (χ1v) is 18.6. The molecule has 15 nitrogen and oxygen atoms in total. The van der Waals surface area contributed by atoms with Gasteiger partial charge in [-0.15, -0.1) is 0 Å². The molecule has 0 radical (unpaired) electrons. The number of nitrogens with one attached hydrogen (secondary N) is 5. The maximum Gasteiger partial charge on any atom is 0.326 e. The summed E-state index contributed by atoms with van der Waals surface area (Å²) in [6.07, 6.45) is 2.40. The van der Waals surface area contributed by atoms with Crippen molar-refractivity contribution in [3.05, 3.63) is 83.7 Å². The molecule has 0 bridgehead atoms. The molecule has 0 aliphatic heterocycles.